The number of para-hydroxylation sites is 1. The predicted octanol–water partition coefficient (Wildman–Crippen LogP) is 3.30. The van der Waals surface area contributed by atoms with Crippen LogP contribution in [-0.4, -0.2) is 19.0 Å². The number of hydrogen-bond acceptors (Lipinski definition) is 2. The van der Waals surface area contributed by atoms with Crippen molar-refractivity contribution in [1.82, 2.24) is 0 Å². The minimum absolute atomic E-state index is 0.0420. The van der Waals surface area contributed by atoms with E-state index in [2.05, 4.69) is 34.5 Å². The lowest BCUT2D eigenvalue weighted by molar-refractivity contribution is -0.115. The fourth-order valence-electron chi connectivity index (χ4n) is 2.80. The summed E-state index contributed by atoms with van der Waals surface area (Å²) in [5, 5.41) is 3.03. The number of nitrogens with zero attached hydrogens (tertiary/aromatic N) is 1. The third-order valence-electron chi connectivity index (χ3n) is 3.98. The standard InChI is InChI=1S/C18H20N2O/c1-13-7-8-14(2)16(11-13)19-18(21)12-20-10-9-15-5-3-4-6-17(15)20/h3-8,11H,9-10,12H2,1-2H3,(H,19,21). The van der Waals surface area contributed by atoms with E-state index in [1.807, 2.05) is 32.0 Å². The second kappa shape index (κ2) is 5.60. The van der Waals surface area contributed by atoms with Crippen molar-refractivity contribution in [1.29, 1.82) is 0 Å². The Bertz CT molecular complexity index is 679. The Morgan fingerprint density at radius 2 is 2.00 bits per heavy atom. The van der Waals surface area contributed by atoms with Crippen LogP contribution in [0.25, 0.3) is 0 Å². The van der Waals surface area contributed by atoms with E-state index >= 15 is 0 Å². The summed E-state index contributed by atoms with van der Waals surface area (Å²) in [4.78, 5) is 14.4. The Balaban J connectivity index is 1.69. The maximum absolute atomic E-state index is 12.3. The maximum Gasteiger partial charge on any atom is 0.243 e. The number of carbonyl (C=O) groups excluding carboxylic acids is 1. The van der Waals surface area contributed by atoms with E-state index in [-0.39, 0.29) is 5.91 Å². The average molecular weight is 280 g/mol. The minimum atomic E-state index is 0.0420. The highest BCUT2D eigenvalue weighted by Gasteiger charge is 2.20. The predicted molar refractivity (Wildman–Crippen MR) is 86.9 cm³/mol. The Kier molecular flexibility index (Phi) is 3.65. The third-order valence-corrected chi connectivity index (χ3v) is 3.98. The van der Waals surface area contributed by atoms with Crippen molar-refractivity contribution >= 4 is 17.3 Å². The number of anilines is 2. The van der Waals surface area contributed by atoms with Gasteiger partial charge < -0.3 is 10.2 Å². The Hall–Kier alpha value is -2.29. The van der Waals surface area contributed by atoms with Crippen LogP contribution in [0.15, 0.2) is 42.5 Å². The second-order valence-electron chi connectivity index (χ2n) is 5.67. The number of hydrogen-bond donors (Lipinski definition) is 1. The zero-order valence-corrected chi connectivity index (χ0v) is 12.5. The molecule has 0 bridgehead atoms. The normalized spacial score (nSPS) is 13.1. The lowest BCUT2D eigenvalue weighted by atomic mass is 10.1. The fraction of sp³-hybridized carbons (Fsp3) is 0.278. The summed E-state index contributed by atoms with van der Waals surface area (Å²) in [6.45, 7) is 5.37. The van der Waals surface area contributed by atoms with Crippen molar-refractivity contribution in [2.45, 2.75) is 20.3 Å². The molecule has 2 aromatic carbocycles. The summed E-state index contributed by atoms with van der Waals surface area (Å²) < 4.78 is 0. The minimum Gasteiger partial charge on any atom is -0.362 e. The van der Waals surface area contributed by atoms with Crippen molar-refractivity contribution in [3.8, 4) is 0 Å². The molecule has 1 N–H and O–H groups in total. The number of benzene rings is 2. The molecule has 0 aromatic heterocycles. The van der Waals surface area contributed by atoms with E-state index in [1.165, 1.54) is 11.3 Å². The molecular formula is C18H20N2O. The van der Waals surface area contributed by atoms with Crippen molar-refractivity contribution < 1.29 is 4.79 Å². The van der Waals surface area contributed by atoms with Gasteiger partial charge in [0.25, 0.3) is 0 Å². The molecule has 3 heteroatoms. The zero-order chi connectivity index (χ0) is 14.8. The first kappa shape index (κ1) is 13.7. The fourth-order valence-corrected chi connectivity index (χ4v) is 2.80. The number of rotatable bonds is 3. The van der Waals surface area contributed by atoms with Gasteiger partial charge >= 0.3 is 0 Å². The number of amides is 1. The lowest BCUT2D eigenvalue weighted by Crippen LogP contribution is -2.32. The van der Waals surface area contributed by atoms with Crippen LogP contribution in [0.1, 0.15) is 16.7 Å². The number of carbonyl (C=O) groups is 1. The van der Waals surface area contributed by atoms with Gasteiger partial charge in [-0.1, -0.05) is 30.3 Å². The molecule has 0 radical (unpaired) electrons. The van der Waals surface area contributed by atoms with Crippen LogP contribution in [0.3, 0.4) is 0 Å². The first-order chi connectivity index (χ1) is 10.1. The van der Waals surface area contributed by atoms with E-state index < -0.39 is 0 Å². The van der Waals surface area contributed by atoms with Crippen LogP contribution in [0.5, 0.6) is 0 Å². The Morgan fingerprint density at radius 1 is 1.19 bits per heavy atom. The Labute approximate surface area is 125 Å². The molecule has 0 spiro atoms. The molecule has 0 saturated carbocycles. The van der Waals surface area contributed by atoms with Gasteiger partial charge in [-0.2, -0.15) is 0 Å². The summed E-state index contributed by atoms with van der Waals surface area (Å²) in [7, 11) is 0. The number of nitrogens with one attached hydrogen (secondary N) is 1. The van der Waals surface area contributed by atoms with Gasteiger partial charge in [-0.05, 0) is 49.1 Å². The summed E-state index contributed by atoms with van der Waals surface area (Å²) >= 11 is 0. The van der Waals surface area contributed by atoms with Gasteiger partial charge in [-0.15, -0.1) is 0 Å². The molecule has 3 rings (SSSR count). The van der Waals surface area contributed by atoms with Crippen LogP contribution < -0.4 is 10.2 Å². The van der Waals surface area contributed by atoms with Crippen molar-refractivity contribution in [3.63, 3.8) is 0 Å². The third kappa shape index (κ3) is 2.92. The largest absolute Gasteiger partial charge is 0.362 e. The summed E-state index contributed by atoms with van der Waals surface area (Å²) in [5.74, 6) is 0.0420. The summed E-state index contributed by atoms with van der Waals surface area (Å²) in [6.07, 6.45) is 1.02. The highest BCUT2D eigenvalue weighted by atomic mass is 16.2. The molecule has 1 heterocycles. The van der Waals surface area contributed by atoms with Gasteiger partial charge in [0.2, 0.25) is 5.91 Å². The zero-order valence-electron chi connectivity index (χ0n) is 12.5. The topological polar surface area (TPSA) is 32.3 Å². The molecule has 0 fully saturated rings. The van der Waals surface area contributed by atoms with Crippen LogP contribution in [-0.2, 0) is 11.2 Å². The molecule has 2 aromatic rings. The molecule has 0 aliphatic carbocycles. The number of fused-ring (bicyclic) bond motifs is 1. The smallest absolute Gasteiger partial charge is 0.243 e. The second-order valence-corrected chi connectivity index (χ2v) is 5.67. The Morgan fingerprint density at radius 3 is 2.86 bits per heavy atom. The van der Waals surface area contributed by atoms with Gasteiger partial charge in [-0.25, -0.2) is 0 Å². The van der Waals surface area contributed by atoms with Crippen molar-refractivity contribution in [3.05, 3.63) is 59.2 Å². The van der Waals surface area contributed by atoms with Crippen molar-refractivity contribution in [2.24, 2.45) is 0 Å². The number of aryl methyl sites for hydroxylation is 2. The molecule has 0 unspecified atom stereocenters. The average Bonchev–Trinajstić information content (AvgIpc) is 2.86. The molecule has 1 aliphatic heterocycles. The summed E-state index contributed by atoms with van der Waals surface area (Å²) in [5.41, 5.74) is 5.68. The molecule has 0 atom stereocenters. The lowest BCUT2D eigenvalue weighted by Gasteiger charge is -2.19. The van der Waals surface area contributed by atoms with Crippen molar-refractivity contribution in [2.75, 3.05) is 23.3 Å². The van der Waals surface area contributed by atoms with E-state index in [0.717, 1.165) is 29.8 Å². The van der Waals surface area contributed by atoms with Crippen LogP contribution >= 0.6 is 0 Å². The molecule has 0 saturated heterocycles. The van der Waals surface area contributed by atoms with Gasteiger partial charge in [-0.3, -0.25) is 4.79 Å². The first-order valence-corrected chi connectivity index (χ1v) is 7.33. The van der Waals surface area contributed by atoms with Crippen LogP contribution in [0, 0.1) is 13.8 Å². The highest BCUT2D eigenvalue weighted by Crippen LogP contribution is 2.27. The molecular weight excluding hydrogens is 260 g/mol. The molecule has 1 aliphatic rings. The van der Waals surface area contributed by atoms with E-state index in [4.69, 9.17) is 0 Å². The monoisotopic (exact) mass is 280 g/mol. The van der Waals surface area contributed by atoms with Crippen LogP contribution in [0.4, 0.5) is 11.4 Å². The molecule has 1 amide bonds. The van der Waals surface area contributed by atoms with Gasteiger partial charge in [0.05, 0.1) is 6.54 Å². The molecule has 3 nitrogen and oxygen atoms in total. The molecule has 21 heavy (non-hydrogen) atoms. The summed E-state index contributed by atoms with van der Waals surface area (Å²) in [6, 6.07) is 14.4. The van der Waals surface area contributed by atoms with E-state index in [0.29, 0.717) is 6.54 Å². The van der Waals surface area contributed by atoms with E-state index in [1.54, 1.807) is 0 Å². The van der Waals surface area contributed by atoms with Gasteiger partial charge in [0.15, 0.2) is 0 Å². The van der Waals surface area contributed by atoms with E-state index in [9.17, 15) is 4.79 Å². The SMILES string of the molecule is Cc1ccc(C)c(NC(=O)CN2CCc3ccccc32)c1. The van der Waals surface area contributed by atoms with Crippen LogP contribution in [0.2, 0.25) is 0 Å². The maximum atomic E-state index is 12.3. The van der Waals surface area contributed by atoms with Gasteiger partial charge in [0, 0.05) is 17.9 Å². The highest BCUT2D eigenvalue weighted by molar-refractivity contribution is 5.95. The molecule has 108 valence electrons. The first-order valence-electron chi connectivity index (χ1n) is 7.33. The van der Waals surface area contributed by atoms with Gasteiger partial charge in [0.1, 0.15) is 0 Å². The quantitative estimate of drug-likeness (QED) is 0.935.